The molecular weight excluding hydrogens is 228 g/mol. The molecule has 5 heteroatoms. The summed E-state index contributed by atoms with van der Waals surface area (Å²) >= 11 is 0. The third-order valence-corrected chi connectivity index (χ3v) is 3.22. The first-order valence-electron chi connectivity index (χ1n) is 6.49. The molecular formula is C13H20N4O. The van der Waals surface area contributed by atoms with Gasteiger partial charge in [0.05, 0.1) is 11.9 Å². The van der Waals surface area contributed by atoms with Gasteiger partial charge in [-0.15, -0.1) is 0 Å². The van der Waals surface area contributed by atoms with E-state index < -0.39 is 0 Å². The van der Waals surface area contributed by atoms with Crippen molar-refractivity contribution in [2.75, 3.05) is 24.1 Å². The van der Waals surface area contributed by atoms with Crippen LogP contribution in [0.2, 0.25) is 0 Å². The van der Waals surface area contributed by atoms with E-state index in [4.69, 9.17) is 5.73 Å². The summed E-state index contributed by atoms with van der Waals surface area (Å²) in [7, 11) is 0. The van der Waals surface area contributed by atoms with Crippen molar-refractivity contribution in [1.82, 2.24) is 10.3 Å². The zero-order valence-electron chi connectivity index (χ0n) is 10.5. The first kappa shape index (κ1) is 12.7. The minimum atomic E-state index is 0.215. The van der Waals surface area contributed by atoms with Gasteiger partial charge in [0.2, 0.25) is 5.91 Å². The molecule has 1 aromatic rings. The van der Waals surface area contributed by atoms with Crippen LogP contribution >= 0.6 is 0 Å². The van der Waals surface area contributed by atoms with Crippen molar-refractivity contribution in [3.05, 3.63) is 18.3 Å². The molecule has 98 valence electrons. The molecule has 18 heavy (non-hydrogen) atoms. The molecule has 4 N–H and O–H groups in total. The molecule has 1 aliphatic carbocycles. The second-order valence-electron chi connectivity index (χ2n) is 4.68. The van der Waals surface area contributed by atoms with E-state index in [0.717, 1.165) is 38.2 Å². The van der Waals surface area contributed by atoms with E-state index in [1.807, 2.05) is 12.1 Å². The van der Waals surface area contributed by atoms with E-state index in [1.165, 1.54) is 6.42 Å². The molecule has 0 unspecified atom stereocenters. The molecule has 2 rings (SSSR count). The van der Waals surface area contributed by atoms with Gasteiger partial charge in [0.15, 0.2) is 0 Å². The Kier molecular flexibility index (Phi) is 4.39. The van der Waals surface area contributed by atoms with Gasteiger partial charge in [-0.1, -0.05) is 6.42 Å². The van der Waals surface area contributed by atoms with Gasteiger partial charge >= 0.3 is 0 Å². The number of nitrogens with one attached hydrogen (secondary N) is 2. The zero-order chi connectivity index (χ0) is 12.8. The highest BCUT2D eigenvalue weighted by Gasteiger charge is 2.24. The van der Waals surface area contributed by atoms with Gasteiger partial charge in [-0.3, -0.25) is 4.79 Å². The van der Waals surface area contributed by atoms with E-state index >= 15 is 0 Å². The molecule has 1 aliphatic rings. The Hall–Kier alpha value is -1.78. The highest BCUT2D eigenvalue weighted by atomic mass is 16.1. The molecule has 1 amide bonds. The minimum Gasteiger partial charge on any atom is -0.397 e. The predicted molar refractivity (Wildman–Crippen MR) is 72.1 cm³/mol. The Morgan fingerprint density at radius 1 is 1.39 bits per heavy atom. The number of carbonyl (C=O) groups is 1. The molecule has 0 aromatic carbocycles. The second kappa shape index (κ2) is 6.23. The lowest BCUT2D eigenvalue weighted by molar-refractivity contribution is -0.127. The molecule has 0 aliphatic heterocycles. The van der Waals surface area contributed by atoms with Crippen molar-refractivity contribution >= 4 is 17.4 Å². The summed E-state index contributed by atoms with van der Waals surface area (Å²) in [5.41, 5.74) is 6.21. The summed E-state index contributed by atoms with van der Waals surface area (Å²) in [6.07, 6.45) is 5.83. The van der Waals surface area contributed by atoms with E-state index in [9.17, 15) is 4.79 Å². The first-order chi connectivity index (χ1) is 8.75. The van der Waals surface area contributed by atoms with Gasteiger partial charge in [-0.25, -0.2) is 4.98 Å². The number of rotatable bonds is 6. The third-order valence-electron chi connectivity index (χ3n) is 3.22. The van der Waals surface area contributed by atoms with Crippen molar-refractivity contribution in [3.8, 4) is 0 Å². The van der Waals surface area contributed by atoms with Crippen molar-refractivity contribution < 1.29 is 4.79 Å². The SMILES string of the molecule is Nc1ccc(NCCCNC(=O)C2CCC2)nc1. The van der Waals surface area contributed by atoms with Crippen molar-refractivity contribution in [3.63, 3.8) is 0 Å². The monoisotopic (exact) mass is 248 g/mol. The summed E-state index contributed by atoms with van der Waals surface area (Å²) < 4.78 is 0. The largest absolute Gasteiger partial charge is 0.397 e. The highest BCUT2D eigenvalue weighted by Crippen LogP contribution is 2.25. The van der Waals surface area contributed by atoms with Crippen molar-refractivity contribution in [1.29, 1.82) is 0 Å². The lowest BCUT2D eigenvalue weighted by atomic mass is 9.85. The molecule has 0 bridgehead atoms. The zero-order valence-corrected chi connectivity index (χ0v) is 10.5. The van der Waals surface area contributed by atoms with E-state index in [-0.39, 0.29) is 11.8 Å². The van der Waals surface area contributed by atoms with E-state index in [0.29, 0.717) is 5.69 Å². The Labute approximate surface area is 107 Å². The minimum absolute atomic E-state index is 0.215. The molecule has 1 fully saturated rings. The van der Waals surface area contributed by atoms with Crippen LogP contribution in [0.4, 0.5) is 11.5 Å². The highest BCUT2D eigenvalue weighted by molar-refractivity contribution is 5.79. The van der Waals surface area contributed by atoms with Crippen LogP contribution in [0, 0.1) is 5.92 Å². The van der Waals surface area contributed by atoms with Gasteiger partial charge in [0.25, 0.3) is 0 Å². The predicted octanol–water partition coefficient (Wildman–Crippen LogP) is 1.38. The molecule has 0 spiro atoms. The number of nitrogen functional groups attached to an aromatic ring is 1. The van der Waals surface area contributed by atoms with Crippen LogP contribution in [0.3, 0.4) is 0 Å². The van der Waals surface area contributed by atoms with Gasteiger partial charge < -0.3 is 16.4 Å². The third kappa shape index (κ3) is 3.61. The fourth-order valence-electron chi connectivity index (χ4n) is 1.84. The van der Waals surface area contributed by atoms with E-state index in [2.05, 4.69) is 15.6 Å². The van der Waals surface area contributed by atoms with Crippen LogP contribution in [0.5, 0.6) is 0 Å². The number of nitrogens with two attached hydrogens (primary N) is 1. The lowest BCUT2D eigenvalue weighted by Crippen LogP contribution is -2.35. The average Bonchev–Trinajstić information content (AvgIpc) is 2.29. The number of nitrogens with zero attached hydrogens (tertiary/aromatic N) is 1. The normalized spacial score (nSPS) is 14.9. The number of carbonyl (C=O) groups excluding carboxylic acids is 1. The number of hydrogen-bond donors (Lipinski definition) is 3. The number of amides is 1. The van der Waals surface area contributed by atoms with Crippen LogP contribution < -0.4 is 16.4 Å². The van der Waals surface area contributed by atoms with E-state index in [1.54, 1.807) is 6.20 Å². The fraction of sp³-hybridized carbons (Fsp3) is 0.538. The van der Waals surface area contributed by atoms with Crippen LogP contribution in [-0.4, -0.2) is 24.0 Å². The molecule has 0 saturated heterocycles. The summed E-state index contributed by atoms with van der Waals surface area (Å²) in [6.45, 7) is 1.51. The Bertz CT molecular complexity index is 386. The molecule has 0 radical (unpaired) electrons. The Morgan fingerprint density at radius 3 is 2.83 bits per heavy atom. The summed E-state index contributed by atoms with van der Waals surface area (Å²) in [4.78, 5) is 15.7. The van der Waals surface area contributed by atoms with Gasteiger partial charge in [0, 0.05) is 19.0 Å². The maximum atomic E-state index is 11.5. The second-order valence-corrected chi connectivity index (χ2v) is 4.68. The summed E-state index contributed by atoms with van der Waals surface area (Å²) in [6, 6.07) is 3.66. The molecule has 5 nitrogen and oxygen atoms in total. The summed E-state index contributed by atoms with van der Waals surface area (Å²) in [5.74, 6) is 1.30. The standard InChI is InChI=1S/C13H20N4O/c14-11-5-6-12(17-9-11)15-7-2-8-16-13(18)10-3-1-4-10/h5-6,9-10H,1-4,7-8,14H2,(H,15,17)(H,16,18). The smallest absolute Gasteiger partial charge is 0.223 e. The quantitative estimate of drug-likeness (QED) is 0.664. The maximum absolute atomic E-state index is 11.5. The van der Waals surface area contributed by atoms with Gasteiger partial charge in [-0.05, 0) is 31.4 Å². The topological polar surface area (TPSA) is 80.0 Å². The number of hydrogen-bond acceptors (Lipinski definition) is 4. The molecule has 0 atom stereocenters. The van der Waals surface area contributed by atoms with Crippen LogP contribution in [-0.2, 0) is 4.79 Å². The number of anilines is 2. The Balaban J connectivity index is 1.55. The fourth-order valence-corrected chi connectivity index (χ4v) is 1.84. The molecule has 1 aromatic heterocycles. The summed E-state index contributed by atoms with van der Waals surface area (Å²) in [5, 5.41) is 6.15. The van der Waals surface area contributed by atoms with Crippen molar-refractivity contribution in [2.45, 2.75) is 25.7 Å². The lowest BCUT2D eigenvalue weighted by Gasteiger charge is -2.24. The first-order valence-corrected chi connectivity index (χ1v) is 6.49. The number of pyridine rings is 1. The van der Waals surface area contributed by atoms with Gasteiger partial charge in [0.1, 0.15) is 5.82 Å². The number of aromatic nitrogens is 1. The van der Waals surface area contributed by atoms with Gasteiger partial charge in [-0.2, -0.15) is 0 Å². The van der Waals surface area contributed by atoms with Crippen molar-refractivity contribution in [2.24, 2.45) is 5.92 Å². The van der Waals surface area contributed by atoms with Crippen LogP contribution in [0.25, 0.3) is 0 Å². The maximum Gasteiger partial charge on any atom is 0.223 e. The average molecular weight is 248 g/mol. The Morgan fingerprint density at radius 2 is 2.22 bits per heavy atom. The molecule has 1 heterocycles. The van der Waals surface area contributed by atoms with Crippen LogP contribution in [0.1, 0.15) is 25.7 Å². The molecule has 1 saturated carbocycles. The van der Waals surface area contributed by atoms with Crippen LogP contribution in [0.15, 0.2) is 18.3 Å².